The summed E-state index contributed by atoms with van der Waals surface area (Å²) in [4.78, 5) is 25.3. The maximum absolute atomic E-state index is 12.5. The molecule has 0 aromatic rings. The van der Waals surface area contributed by atoms with Crippen LogP contribution in [0.4, 0.5) is 0 Å². The summed E-state index contributed by atoms with van der Waals surface area (Å²) in [6, 6.07) is 0. The molecule has 1 fully saturated rings. The minimum Gasteiger partial charge on any atom is -0.481 e. The highest BCUT2D eigenvalue weighted by Gasteiger charge is 2.48. The molecule has 18 heavy (non-hydrogen) atoms. The second kappa shape index (κ2) is 4.23. The lowest BCUT2D eigenvalue weighted by Gasteiger charge is -2.39. The van der Waals surface area contributed by atoms with E-state index in [0.717, 1.165) is 0 Å². The normalized spacial score (nSPS) is 25.3. The Hall–Kier alpha value is -1.10. The van der Waals surface area contributed by atoms with Crippen LogP contribution >= 0.6 is 0 Å². The van der Waals surface area contributed by atoms with Gasteiger partial charge in [0.25, 0.3) is 0 Å². The van der Waals surface area contributed by atoms with Crippen LogP contribution in [0.3, 0.4) is 0 Å². The number of nitrogens with zero attached hydrogens (tertiary/aromatic N) is 1. The third-order valence-electron chi connectivity index (χ3n) is 4.42. The lowest BCUT2D eigenvalue weighted by atomic mass is 9.74. The first-order valence-electron chi connectivity index (χ1n) is 6.23. The Bertz CT molecular complexity index is 371. The summed E-state index contributed by atoms with van der Waals surface area (Å²) in [7, 11) is 0. The molecule has 0 aromatic heterocycles. The second-order valence-corrected chi connectivity index (χ2v) is 6.69. The van der Waals surface area contributed by atoms with Gasteiger partial charge in [-0.05, 0) is 41.0 Å². The van der Waals surface area contributed by atoms with E-state index < -0.39 is 22.3 Å². The van der Waals surface area contributed by atoms with Crippen LogP contribution in [0.15, 0.2) is 0 Å². The van der Waals surface area contributed by atoms with Crippen molar-refractivity contribution < 1.29 is 14.7 Å². The third-order valence-corrected chi connectivity index (χ3v) is 4.42. The molecule has 1 heterocycles. The highest BCUT2D eigenvalue weighted by Crippen LogP contribution is 2.36. The smallest absolute Gasteiger partial charge is 0.311 e. The molecular weight excluding hydrogens is 232 g/mol. The summed E-state index contributed by atoms with van der Waals surface area (Å²) in [5, 5.41) is 9.17. The summed E-state index contributed by atoms with van der Waals surface area (Å²) >= 11 is 0. The molecule has 0 aliphatic carbocycles. The van der Waals surface area contributed by atoms with Crippen LogP contribution < -0.4 is 5.73 Å². The zero-order valence-electron chi connectivity index (χ0n) is 11.9. The Kier molecular flexibility index (Phi) is 3.51. The first-order chi connectivity index (χ1) is 7.92. The third kappa shape index (κ3) is 2.36. The average Bonchev–Trinajstić information content (AvgIpc) is 2.59. The SMILES string of the molecule is CC1(C(=O)O)CCN(C(=O)C(C)(C)C(C)(C)N)C1. The number of carbonyl (C=O) groups excluding carboxylic acids is 1. The van der Waals surface area contributed by atoms with Crippen LogP contribution in [0.5, 0.6) is 0 Å². The second-order valence-electron chi connectivity index (χ2n) is 6.69. The fourth-order valence-corrected chi connectivity index (χ4v) is 1.98. The number of likely N-dealkylation sites (tertiary alicyclic amines) is 1. The fraction of sp³-hybridized carbons (Fsp3) is 0.846. The average molecular weight is 256 g/mol. The number of carboxylic acid groups (broad SMARTS) is 1. The van der Waals surface area contributed by atoms with E-state index in [2.05, 4.69) is 0 Å². The van der Waals surface area contributed by atoms with E-state index in [9.17, 15) is 14.7 Å². The largest absolute Gasteiger partial charge is 0.481 e. The molecule has 1 rings (SSSR count). The van der Waals surface area contributed by atoms with Crippen LogP contribution in [0.25, 0.3) is 0 Å². The van der Waals surface area contributed by atoms with Crippen LogP contribution in [0.2, 0.25) is 0 Å². The lowest BCUT2D eigenvalue weighted by molar-refractivity contribution is -0.148. The number of carboxylic acids is 1. The zero-order chi connectivity index (χ0) is 14.4. The molecule has 1 aliphatic rings. The minimum atomic E-state index is -0.845. The Morgan fingerprint density at radius 3 is 2.11 bits per heavy atom. The van der Waals surface area contributed by atoms with Gasteiger partial charge in [0.05, 0.1) is 10.8 Å². The van der Waals surface area contributed by atoms with Gasteiger partial charge in [-0.1, -0.05) is 0 Å². The maximum atomic E-state index is 12.5. The van der Waals surface area contributed by atoms with Crippen molar-refractivity contribution in [2.75, 3.05) is 13.1 Å². The van der Waals surface area contributed by atoms with Crippen molar-refractivity contribution >= 4 is 11.9 Å². The van der Waals surface area contributed by atoms with Crippen LogP contribution in [-0.2, 0) is 9.59 Å². The predicted octanol–water partition coefficient (Wildman–Crippen LogP) is 1.07. The topological polar surface area (TPSA) is 83.6 Å². The molecule has 104 valence electrons. The van der Waals surface area contributed by atoms with Gasteiger partial charge in [0, 0.05) is 18.6 Å². The van der Waals surface area contributed by atoms with E-state index >= 15 is 0 Å². The van der Waals surface area contributed by atoms with Crippen molar-refractivity contribution in [3.8, 4) is 0 Å². The van der Waals surface area contributed by atoms with E-state index in [1.807, 2.05) is 27.7 Å². The number of aliphatic carboxylic acids is 1. The number of carbonyl (C=O) groups is 2. The molecule has 0 spiro atoms. The summed E-state index contributed by atoms with van der Waals surface area (Å²) in [6.45, 7) is 9.69. The molecule has 1 unspecified atom stereocenters. The quantitative estimate of drug-likeness (QED) is 0.791. The molecule has 0 aromatic carbocycles. The van der Waals surface area contributed by atoms with E-state index in [1.165, 1.54) is 0 Å². The summed E-state index contributed by atoms with van der Waals surface area (Å²) in [5.41, 5.74) is 3.86. The lowest BCUT2D eigenvalue weighted by Crippen LogP contribution is -2.56. The van der Waals surface area contributed by atoms with Crippen molar-refractivity contribution in [2.45, 2.75) is 46.6 Å². The van der Waals surface area contributed by atoms with Crippen molar-refractivity contribution in [1.82, 2.24) is 4.90 Å². The molecule has 0 radical (unpaired) electrons. The molecular formula is C13H24N2O3. The summed E-state index contributed by atoms with van der Waals surface area (Å²) < 4.78 is 0. The molecule has 0 saturated carbocycles. The highest BCUT2D eigenvalue weighted by molar-refractivity contribution is 5.85. The van der Waals surface area contributed by atoms with Crippen LogP contribution in [0.1, 0.15) is 41.0 Å². The first-order valence-corrected chi connectivity index (χ1v) is 6.23. The van der Waals surface area contributed by atoms with Crippen LogP contribution in [-0.4, -0.2) is 40.5 Å². The number of amides is 1. The van der Waals surface area contributed by atoms with Crippen molar-refractivity contribution in [2.24, 2.45) is 16.6 Å². The Morgan fingerprint density at radius 2 is 1.78 bits per heavy atom. The monoisotopic (exact) mass is 256 g/mol. The zero-order valence-corrected chi connectivity index (χ0v) is 11.9. The van der Waals surface area contributed by atoms with Gasteiger partial charge in [0.15, 0.2) is 0 Å². The molecule has 1 saturated heterocycles. The molecule has 3 N–H and O–H groups in total. The van der Waals surface area contributed by atoms with Crippen molar-refractivity contribution in [1.29, 1.82) is 0 Å². The van der Waals surface area contributed by atoms with Gasteiger partial charge in [0.1, 0.15) is 0 Å². The van der Waals surface area contributed by atoms with Gasteiger partial charge in [-0.3, -0.25) is 9.59 Å². The molecule has 1 atom stereocenters. The van der Waals surface area contributed by atoms with E-state index in [-0.39, 0.29) is 12.5 Å². The van der Waals surface area contributed by atoms with Gasteiger partial charge in [-0.25, -0.2) is 0 Å². The van der Waals surface area contributed by atoms with Crippen LogP contribution in [0, 0.1) is 10.8 Å². The summed E-state index contributed by atoms with van der Waals surface area (Å²) in [6.07, 6.45) is 0.495. The van der Waals surface area contributed by atoms with E-state index in [4.69, 9.17) is 5.73 Å². The van der Waals surface area contributed by atoms with E-state index in [0.29, 0.717) is 13.0 Å². The minimum absolute atomic E-state index is 0.0695. The van der Waals surface area contributed by atoms with Gasteiger partial charge in [-0.2, -0.15) is 0 Å². The standard InChI is InChI=1S/C13H24N2O3/c1-11(2,12(3,4)14)9(16)15-7-6-13(5,8-15)10(17)18/h6-8,14H2,1-5H3,(H,17,18). The first kappa shape index (κ1) is 15.0. The number of nitrogens with two attached hydrogens (primary N) is 1. The van der Waals surface area contributed by atoms with Gasteiger partial charge in [-0.15, -0.1) is 0 Å². The number of hydrogen-bond donors (Lipinski definition) is 2. The Labute approximate surface area is 108 Å². The van der Waals surface area contributed by atoms with Crippen molar-refractivity contribution in [3.63, 3.8) is 0 Å². The fourth-order valence-electron chi connectivity index (χ4n) is 1.98. The maximum Gasteiger partial charge on any atom is 0.311 e. The molecule has 5 nitrogen and oxygen atoms in total. The Morgan fingerprint density at radius 1 is 1.28 bits per heavy atom. The Balaban J connectivity index is 2.87. The van der Waals surface area contributed by atoms with Gasteiger partial charge in [0.2, 0.25) is 5.91 Å². The number of rotatable bonds is 3. The molecule has 5 heteroatoms. The summed E-state index contributed by atoms with van der Waals surface area (Å²) in [5.74, 6) is -0.914. The molecule has 1 amide bonds. The van der Waals surface area contributed by atoms with Gasteiger partial charge >= 0.3 is 5.97 Å². The molecule has 1 aliphatic heterocycles. The highest BCUT2D eigenvalue weighted by atomic mass is 16.4. The predicted molar refractivity (Wildman–Crippen MR) is 69.0 cm³/mol. The van der Waals surface area contributed by atoms with Crippen molar-refractivity contribution in [3.05, 3.63) is 0 Å². The van der Waals surface area contributed by atoms with Gasteiger partial charge < -0.3 is 15.7 Å². The molecule has 0 bridgehead atoms. The number of hydrogen-bond acceptors (Lipinski definition) is 3. The van der Waals surface area contributed by atoms with E-state index in [1.54, 1.807) is 11.8 Å².